The van der Waals surface area contributed by atoms with E-state index in [4.69, 9.17) is 21.0 Å². The largest absolute Gasteiger partial charge is 0.192 e. The van der Waals surface area contributed by atoms with Gasteiger partial charge < -0.3 is 0 Å². The fourth-order valence-electron chi connectivity index (χ4n) is 2.24. The van der Waals surface area contributed by atoms with Gasteiger partial charge >= 0.3 is 0 Å². The number of nitriles is 6. The van der Waals surface area contributed by atoms with E-state index in [-0.39, 0.29) is 32.7 Å². The van der Waals surface area contributed by atoms with Gasteiger partial charge in [0.2, 0.25) is 0 Å². The summed E-state index contributed by atoms with van der Waals surface area (Å²) in [5.41, 5.74) is -0.0801. The maximum absolute atomic E-state index is 9.35. The van der Waals surface area contributed by atoms with Crippen LogP contribution in [0, 0.1) is 68.0 Å². The first-order valence-corrected chi connectivity index (χ1v) is 6.40. The molecule has 2 aromatic rings. The molecule has 6 nitrogen and oxygen atoms in total. The number of rotatable bonds is 0. The SMILES string of the molecule is N#CC(C#N)=c1cc(C#N)c2cc(=C(C#N)C#N)cc(C#N)c2c1. The van der Waals surface area contributed by atoms with Crippen LogP contribution in [0.15, 0.2) is 24.3 Å². The lowest BCUT2D eigenvalue weighted by atomic mass is 9.96. The summed E-state index contributed by atoms with van der Waals surface area (Å²) in [5, 5.41) is 55.9. The average Bonchev–Trinajstić information content (AvgIpc) is 2.62. The summed E-state index contributed by atoms with van der Waals surface area (Å²) in [6.07, 6.45) is 0. The minimum atomic E-state index is -0.178. The van der Waals surface area contributed by atoms with Crippen molar-refractivity contribution in [2.75, 3.05) is 0 Å². The quantitative estimate of drug-likeness (QED) is 0.709. The first-order valence-electron chi connectivity index (χ1n) is 6.40. The van der Waals surface area contributed by atoms with Crippen LogP contribution in [-0.2, 0) is 0 Å². The molecule has 0 N–H and O–H groups in total. The topological polar surface area (TPSA) is 143 Å². The third kappa shape index (κ3) is 2.48. The van der Waals surface area contributed by atoms with Crippen molar-refractivity contribution in [2.45, 2.75) is 0 Å². The van der Waals surface area contributed by atoms with Gasteiger partial charge in [-0.1, -0.05) is 0 Å². The minimum Gasteiger partial charge on any atom is -0.192 e. The van der Waals surface area contributed by atoms with Gasteiger partial charge in [-0.25, -0.2) is 0 Å². The van der Waals surface area contributed by atoms with Crippen LogP contribution >= 0.6 is 0 Å². The Balaban J connectivity index is 3.22. The summed E-state index contributed by atoms with van der Waals surface area (Å²) in [6.45, 7) is 0. The van der Waals surface area contributed by atoms with Gasteiger partial charge in [0.15, 0.2) is 0 Å². The van der Waals surface area contributed by atoms with Gasteiger partial charge in [-0.3, -0.25) is 0 Å². The Morgan fingerprint density at radius 2 is 0.875 bits per heavy atom. The molecule has 0 unspecified atom stereocenters. The van der Waals surface area contributed by atoms with Gasteiger partial charge in [0.05, 0.1) is 23.3 Å². The van der Waals surface area contributed by atoms with E-state index in [1.807, 2.05) is 12.1 Å². The highest BCUT2D eigenvalue weighted by Gasteiger charge is 2.09. The normalized spacial score (nSPS) is 8.58. The Labute approximate surface area is 136 Å². The smallest absolute Gasteiger partial charge is 0.136 e. The van der Waals surface area contributed by atoms with E-state index >= 15 is 0 Å². The Morgan fingerprint density at radius 1 is 0.542 bits per heavy atom. The van der Waals surface area contributed by atoms with Gasteiger partial charge in [0.1, 0.15) is 35.4 Å². The molecule has 0 aromatic heterocycles. The minimum absolute atomic E-state index is 0.138. The number of hydrogen-bond acceptors (Lipinski definition) is 6. The molecule has 0 aliphatic heterocycles. The van der Waals surface area contributed by atoms with Crippen molar-refractivity contribution in [3.63, 3.8) is 0 Å². The predicted octanol–water partition coefficient (Wildman–Crippen LogP) is 0.979. The highest BCUT2D eigenvalue weighted by atomic mass is 14.3. The Kier molecular flexibility index (Phi) is 4.22. The van der Waals surface area contributed by atoms with E-state index < -0.39 is 0 Å². The van der Waals surface area contributed by atoms with Crippen molar-refractivity contribution >= 4 is 21.9 Å². The zero-order valence-corrected chi connectivity index (χ0v) is 12.0. The molecule has 0 atom stereocenters. The molecule has 0 heterocycles. The van der Waals surface area contributed by atoms with Crippen molar-refractivity contribution in [2.24, 2.45) is 0 Å². The van der Waals surface area contributed by atoms with E-state index in [0.717, 1.165) is 0 Å². The van der Waals surface area contributed by atoms with Crippen LogP contribution in [0.3, 0.4) is 0 Å². The van der Waals surface area contributed by atoms with Crippen molar-refractivity contribution in [1.82, 2.24) is 0 Å². The lowest BCUT2D eigenvalue weighted by molar-refractivity contribution is 1.45. The van der Waals surface area contributed by atoms with E-state index in [2.05, 4.69) is 0 Å². The average molecular weight is 304 g/mol. The second kappa shape index (κ2) is 6.43. The molecule has 0 spiro atoms. The van der Waals surface area contributed by atoms with E-state index in [1.54, 1.807) is 24.3 Å². The molecule has 24 heavy (non-hydrogen) atoms. The zero-order valence-electron chi connectivity index (χ0n) is 12.0. The van der Waals surface area contributed by atoms with Gasteiger partial charge in [-0.2, -0.15) is 31.6 Å². The van der Waals surface area contributed by atoms with Crippen LogP contribution in [0.4, 0.5) is 0 Å². The number of hydrogen-bond donors (Lipinski definition) is 0. The van der Waals surface area contributed by atoms with Gasteiger partial charge in [-0.05, 0) is 24.3 Å². The van der Waals surface area contributed by atoms with Crippen LogP contribution < -0.4 is 10.4 Å². The zero-order chi connectivity index (χ0) is 17.7. The van der Waals surface area contributed by atoms with Crippen LogP contribution in [0.25, 0.3) is 21.9 Å². The predicted molar refractivity (Wildman–Crippen MR) is 81.9 cm³/mol. The fraction of sp³-hybridized carbons (Fsp3) is 0. The van der Waals surface area contributed by atoms with Gasteiger partial charge in [0, 0.05) is 21.2 Å². The molecule has 0 saturated heterocycles. The second-order valence-electron chi connectivity index (χ2n) is 4.56. The maximum atomic E-state index is 9.35. The highest BCUT2D eigenvalue weighted by molar-refractivity contribution is 5.94. The molecule has 106 valence electrons. The fourth-order valence-corrected chi connectivity index (χ4v) is 2.24. The molecule has 0 bridgehead atoms. The van der Waals surface area contributed by atoms with E-state index in [9.17, 15) is 10.5 Å². The monoisotopic (exact) mass is 304 g/mol. The number of nitrogens with zero attached hydrogens (tertiary/aromatic N) is 6. The first-order chi connectivity index (χ1) is 11.6. The molecule has 0 amide bonds. The molecule has 0 saturated carbocycles. The summed E-state index contributed by atoms with van der Waals surface area (Å²) in [7, 11) is 0. The third-order valence-corrected chi connectivity index (χ3v) is 3.34. The van der Waals surface area contributed by atoms with Gasteiger partial charge in [0.25, 0.3) is 0 Å². The summed E-state index contributed by atoms with van der Waals surface area (Å²) in [4.78, 5) is 0. The van der Waals surface area contributed by atoms with Crippen molar-refractivity contribution in [3.8, 4) is 36.4 Å². The highest BCUT2D eigenvalue weighted by Crippen LogP contribution is 2.18. The van der Waals surface area contributed by atoms with E-state index in [1.165, 1.54) is 24.3 Å². The standard InChI is InChI=1S/C18H4N6/c19-5-13-1-11(15(7-21)8-22)3-18-14(6-20)2-12(4-17(13)18)16(9-23)10-24/h1-4H. The van der Waals surface area contributed by atoms with Crippen molar-refractivity contribution < 1.29 is 0 Å². The molecule has 0 aliphatic rings. The lowest BCUT2D eigenvalue weighted by Crippen LogP contribution is -2.10. The van der Waals surface area contributed by atoms with Crippen LogP contribution in [0.5, 0.6) is 0 Å². The lowest BCUT2D eigenvalue weighted by Gasteiger charge is -2.04. The molecule has 0 fully saturated rings. The van der Waals surface area contributed by atoms with Gasteiger partial charge in [-0.15, -0.1) is 0 Å². The summed E-state index contributed by atoms with van der Waals surface area (Å²) in [6, 6.07) is 16.5. The van der Waals surface area contributed by atoms with Crippen molar-refractivity contribution in [1.29, 1.82) is 31.6 Å². The Hall–Kier alpha value is -4.62. The first kappa shape index (κ1) is 15.8. The van der Waals surface area contributed by atoms with Crippen LogP contribution in [0.2, 0.25) is 0 Å². The molecule has 2 rings (SSSR count). The number of benzene rings is 2. The third-order valence-electron chi connectivity index (χ3n) is 3.34. The summed E-state index contributed by atoms with van der Waals surface area (Å²) >= 11 is 0. The van der Waals surface area contributed by atoms with Crippen LogP contribution in [0.1, 0.15) is 11.1 Å². The summed E-state index contributed by atoms with van der Waals surface area (Å²) < 4.78 is 0. The number of fused-ring (bicyclic) bond motifs is 1. The molecular formula is C18H4N6. The van der Waals surface area contributed by atoms with Crippen molar-refractivity contribution in [3.05, 3.63) is 45.8 Å². The maximum Gasteiger partial charge on any atom is 0.136 e. The molecule has 0 aliphatic carbocycles. The Bertz CT molecular complexity index is 1120. The van der Waals surface area contributed by atoms with E-state index in [0.29, 0.717) is 10.8 Å². The van der Waals surface area contributed by atoms with Crippen LogP contribution in [-0.4, -0.2) is 0 Å². The molecule has 6 heteroatoms. The molecule has 2 aromatic carbocycles. The molecular weight excluding hydrogens is 300 g/mol. The molecule has 0 radical (unpaired) electrons. The second-order valence-corrected chi connectivity index (χ2v) is 4.56. The Morgan fingerprint density at radius 3 is 1.12 bits per heavy atom. The summed E-state index contributed by atoms with van der Waals surface area (Å²) in [5.74, 6) is 0.